The molecule has 110 valence electrons. The van der Waals surface area contributed by atoms with Gasteiger partial charge >= 0.3 is 0 Å². The van der Waals surface area contributed by atoms with Gasteiger partial charge in [-0.15, -0.1) is 11.3 Å². The highest BCUT2D eigenvalue weighted by atomic mass is 79.9. The lowest BCUT2D eigenvalue weighted by atomic mass is 10.1. The molecule has 0 atom stereocenters. The molecule has 0 unspecified atom stereocenters. The summed E-state index contributed by atoms with van der Waals surface area (Å²) in [5.74, 6) is 1.37. The average Bonchev–Trinajstić information content (AvgIpc) is 2.85. The van der Waals surface area contributed by atoms with Gasteiger partial charge in [0, 0.05) is 16.5 Å². The minimum atomic E-state index is 0.0318. The van der Waals surface area contributed by atoms with Gasteiger partial charge in [0.25, 0.3) is 0 Å². The topological polar surface area (TPSA) is 35.5 Å². The zero-order chi connectivity index (χ0) is 14.8. The number of halogens is 1. The van der Waals surface area contributed by atoms with Crippen LogP contribution in [0.4, 0.5) is 0 Å². The van der Waals surface area contributed by atoms with E-state index < -0.39 is 0 Å². The molecule has 0 radical (unpaired) electrons. The summed E-state index contributed by atoms with van der Waals surface area (Å²) in [5, 5.41) is 1.96. The molecule has 2 heterocycles. The second kappa shape index (κ2) is 6.20. The summed E-state index contributed by atoms with van der Waals surface area (Å²) >= 11 is 4.97. The number of hydrogen-bond acceptors (Lipinski definition) is 4. The van der Waals surface area contributed by atoms with Crippen molar-refractivity contribution >= 4 is 33.0 Å². The van der Waals surface area contributed by atoms with E-state index in [9.17, 15) is 4.79 Å². The molecule has 0 fully saturated rings. The summed E-state index contributed by atoms with van der Waals surface area (Å²) < 4.78 is 12.1. The molecule has 3 nitrogen and oxygen atoms in total. The molecule has 3 rings (SSSR count). The summed E-state index contributed by atoms with van der Waals surface area (Å²) in [5.41, 5.74) is 1.71. The molecule has 5 heteroatoms. The highest BCUT2D eigenvalue weighted by Crippen LogP contribution is 2.36. The molecule has 0 saturated carbocycles. The largest absolute Gasteiger partial charge is 0.490 e. The lowest BCUT2D eigenvalue weighted by molar-refractivity contribution is 0.104. The van der Waals surface area contributed by atoms with Crippen LogP contribution in [0.2, 0.25) is 0 Å². The minimum absolute atomic E-state index is 0.0318. The van der Waals surface area contributed by atoms with E-state index >= 15 is 0 Å². The van der Waals surface area contributed by atoms with Gasteiger partial charge in [0.05, 0.1) is 18.1 Å². The number of hydrogen-bond donors (Lipinski definition) is 0. The van der Waals surface area contributed by atoms with Gasteiger partial charge in [0.1, 0.15) is 0 Å². The van der Waals surface area contributed by atoms with Crippen LogP contribution >= 0.6 is 27.3 Å². The van der Waals surface area contributed by atoms with Crippen LogP contribution in [0.1, 0.15) is 34.1 Å². The summed E-state index contributed by atoms with van der Waals surface area (Å²) in [6.45, 7) is 3.31. The Morgan fingerprint density at radius 2 is 2.00 bits per heavy atom. The van der Waals surface area contributed by atoms with Crippen molar-refractivity contribution in [1.82, 2.24) is 0 Å². The number of ketones is 1. The Morgan fingerprint density at radius 3 is 2.71 bits per heavy atom. The minimum Gasteiger partial charge on any atom is -0.490 e. The van der Waals surface area contributed by atoms with Crippen LogP contribution < -0.4 is 9.47 Å². The van der Waals surface area contributed by atoms with Crippen molar-refractivity contribution in [2.24, 2.45) is 0 Å². The Kier molecular flexibility index (Phi) is 4.31. The maximum absolute atomic E-state index is 12.8. The fraction of sp³-hybridized carbons (Fsp3) is 0.312. The van der Waals surface area contributed by atoms with Crippen molar-refractivity contribution in [3.63, 3.8) is 0 Å². The maximum atomic E-state index is 12.8. The quantitative estimate of drug-likeness (QED) is 0.752. The van der Waals surface area contributed by atoms with Crippen LogP contribution in [0.3, 0.4) is 0 Å². The lowest BCUT2D eigenvalue weighted by Crippen LogP contribution is -2.04. The van der Waals surface area contributed by atoms with Crippen LogP contribution in [0.5, 0.6) is 11.5 Å². The fourth-order valence-corrected chi connectivity index (χ4v) is 3.75. The maximum Gasteiger partial charge on any atom is 0.204 e. The van der Waals surface area contributed by atoms with Crippen molar-refractivity contribution in [1.29, 1.82) is 0 Å². The second-order valence-electron chi connectivity index (χ2n) is 4.79. The van der Waals surface area contributed by atoms with E-state index in [2.05, 4.69) is 22.9 Å². The van der Waals surface area contributed by atoms with Gasteiger partial charge < -0.3 is 9.47 Å². The molecule has 1 aliphatic rings. The molecule has 21 heavy (non-hydrogen) atoms. The molecule has 1 aromatic heterocycles. The highest BCUT2D eigenvalue weighted by Gasteiger charge is 2.21. The number of fused-ring (bicyclic) bond motifs is 1. The first kappa shape index (κ1) is 14.6. The molecule has 0 spiro atoms. The number of rotatable bonds is 3. The number of ether oxygens (including phenoxy) is 2. The normalized spacial score (nSPS) is 13.8. The van der Waals surface area contributed by atoms with E-state index in [-0.39, 0.29) is 5.78 Å². The Balaban J connectivity index is 2.02. The van der Waals surface area contributed by atoms with E-state index in [1.54, 1.807) is 6.07 Å². The van der Waals surface area contributed by atoms with Crippen molar-refractivity contribution in [2.45, 2.75) is 19.8 Å². The monoisotopic (exact) mass is 366 g/mol. The third-order valence-corrected chi connectivity index (χ3v) is 5.03. The van der Waals surface area contributed by atoms with Gasteiger partial charge in [-0.2, -0.15) is 0 Å². The summed E-state index contributed by atoms with van der Waals surface area (Å²) in [6.07, 6.45) is 1.70. The smallest absolute Gasteiger partial charge is 0.204 e. The Labute approximate surface area is 136 Å². The SMILES string of the molecule is CCc1ccsc1C(=O)c1cc2c(cc1Br)OCCCO2. The van der Waals surface area contributed by atoms with Crippen molar-refractivity contribution < 1.29 is 14.3 Å². The first-order chi connectivity index (χ1) is 10.2. The van der Waals surface area contributed by atoms with Crippen LogP contribution in [0, 0.1) is 0 Å². The molecular formula is C16H15BrO3S. The predicted octanol–water partition coefficient (Wildman–Crippen LogP) is 4.47. The van der Waals surface area contributed by atoms with Crippen molar-refractivity contribution in [3.05, 3.63) is 44.1 Å². The molecular weight excluding hydrogens is 352 g/mol. The summed E-state index contributed by atoms with van der Waals surface area (Å²) in [4.78, 5) is 13.6. The molecule has 0 bridgehead atoms. The molecule has 1 aliphatic heterocycles. The van der Waals surface area contributed by atoms with Crippen molar-refractivity contribution in [3.8, 4) is 11.5 Å². The van der Waals surface area contributed by atoms with Gasteiger partial charge in [-0.1, -0.05) is 6.92 Å². The fourth-order valence-electron chi connectivity index (χ4n) is 2.29. The summed E-state index contributed by atoms with van der Waals surface area (Å²) in [6, 6.07) is 5.62. The van der Waals surface area contributed by atoms with Crippen molar-refractivity contribution in [2.75, 3.05) is 13.2 Å². The zero-order valence-electron chi connectivity index (χ0n) is 11.6. The lowest BCUT2D eigenvalue weighted by Gasteiger charge is -2.11. The number of aryl methyl sites for hydroxylation is 1. The standard InChI is InChI=1S/C16H15BrO3S/c1-2-10-4-7-21-16(10)15(18)11-8-13-14(9-12(11)17)20-6-3-5-19-13/h4,7-9H,2-3,5-6H2,1H3. The molecule has 1 aromatic carbocycles. The van der Waals surface area contributed by atoms with E-state index in [1.807, 2.05) is 17.5 Å². The Bertz CT molecular complexity index is 678. The molecule has 0 aliphatic carbocycles. The van der Waals surface area contributed by atoms with Gasteiger partial charge in [-0.25, -0.2) is 0 Å². The van der Waals surface area contributed by atoms with Crippen LogP contribution in [-0.2, 0) is 6.42 Å². The number of carbonyl (C=O) groups is 1. The number of benzene rings is 1. The van der Waals surface area contributed by atoms with E-state index in [0.717, 1.165) is 27.8 Å². The summed E-state index contributed by atoms with van der Waals surface area (Å²) in [7, 11) is 0. The predicted molar refractivity (Wildman–Crippen MR) is 86.9 cm³/mol. The van der Waals surface area contributed by atoms with E-state index in [1.165, 1.54) is 11.3 Å². The third-order valence-electron chi connectivity index (χ3n) is 3.42. The number of thiophene rings is 1. The van der Waals surface area contributed by atoms with Crippen LogP contribution in [-0.4, -0.2) is 19.0 Å². The Morgan fingerprint density at radius 1 is 1.29 bits per heavy atom. The highest BCUT2D eigenvalue weighted by molar-refractivity contribution is 9.10. The van der Waals surface area contributed by atoms with Gasteiger partial charge in [0.2, 0.25) is 5.78 Å². The Hall–Kier alpha value is -1.33. The van der Waals surface area contributed by atoms with E-state index in [4.69, 9.17) is 9.47 Å². The molecule has 0 saturated heterocycles. The van der Waals surface area contributed by atoms with E-state index in [0.29, 0.717) is 30.3 Å². The average molecular weight is 367 g/mol. The third kappa shape index (κ3) is 2.85. The second-order valence-corrected chi connectivity index (χ2v) is 6.56. The molecule has 0 amide bonds. The zero-order valence-corrected chi connectivity index (χ0v) is 14.1. The molecule has 0 N–H and O–H groups in total. The number of carbonyl (C=O) groups excluding carboxylic acids is 1. The van der Waals surface area contributed by atoms with Gasteiger partial charge in [-0.05, 0) is 51.5 Å². The van der Waals surface area contributed by atoms with Crippen LogP contribution in [0.25, 0.3) is 0 Å². The first-order valence-corrected chi connectivity index (χ1v) is 8.58. The van der Waals surface area contributed by atoms with Gasteiger partial charge in [0.15, 0.2) is 11.5 Å². The molecule has 2 aromatic rings. The van der Waals surface area contributed by atoms with Gasteiger partial charge in [-0.3, -0.25) is 4.79 Å². The first-order valence-electron chi connectivity index (χ1n) is 6.91. The van der Waals surface area contributed by atoms with Crippen LogP contribution in [0.15, 0.2) is 28.1 Å².